The monoisotopic (exact) mass is 326 g/mol. The third kappa shape index (κ3) is 2.30. The Morgan fingerprint density at radius 2 is 2.25 bits per heavy atom. The number of hydrogen-bond donors (Lipinski definition) is 1. The molecule has 3 aromatic rings. The normalized spacial score (nSPS) is 11.3. The Kier molecular flexibility index (Phi) is 3.67. The molecule has 1 aromatic carbocycles. The predicted molar refractivity (Wildman–Crippen MR) is 84.9 cm³/mol. The van der Waals surface area contributed by atoms with Crippen LogP contribution in [0.3, 0.4) is 0 Å². The van der Waals surface area contributed by atoms with E-state index in [0.29, 0.717) is 16.8 Å². The van der Waals surface area contributed by atoms with Crippen LogP contribution in [0.15, 0.2) is 23.6 Å². The molecule has 0 aliphatic rings. The van der Waals surface area contributed by atoms with Gasteiger partial charge in [-0.2, -0.15) is 0 Å². The lowest BCUT2D eigenvalue weighted by Gasteiger charge is -2.05. The van der Waals surface area contributed by atoms with Gasteiger partial charge in [0.2, 0.25) is 0 Å². The molecule has 0 fully saturated rings. The van der Waals surface area contributed by atoms with Crippen LogP contribution in [-0.2, 0) is 13.0 Å². The van der Waals surface area contributed by atoms with Crippen molar-refractivity contribution in [2.75, 3.05) is 0 Å². The molecule has 0 unspecified atom stereocenters. The van der Waals surface area contributed by atoms with Crippen LogP contribution in [0.4, 0.5) is 4.39 Å². The van der Waals surface area contributed by atoms with Gasteiger partial charge in [-0.15, -0.1) is 11.3 Å². The number of rotatable bonds is 3. The van der Waals surface area contributed by atoms with Gasteiger partial charge in [-0.05, 0) is 41.7 Å². The summed E-state index contributed by atoms with van der Waals surface area (Å²) < 4.78 is 16.0. The molecule has 3 rings (SSSR count). The van der Waals surface area contributed by atoms with Gasteiger partial charge in [0.15, 0.2) is 4.77 Å². The Labute approximate surface area is 129 Å². The third-order valence-electron chi connectivity index (χ3n) is 3.34. The van der Waals surface area contributed by atoms with Crippen molar-refractivity contribution in [2.24, 2.45) is 0 Å². The molecular formula is C14H12ClFN2S2. The standard InChI is InChI=1S/C14H12ClFN2S2/c1-2-8-3-4-20-13(8)7-18-12-5-9(15)10(16)6-11(12)17-14(18)19/h3-6H,2,7H2,1H3,(H,17,19). The molecule has 0 amide bonds. The Morgan fingerprint density at radius 3 is 3.00 bits per heavy atom. The first kappa shape index (κ1) is 13.8. The number of hydrogen-bond acceptors (Lipinski definition) is 2. The number of nitrogens with zero attached hydrogens (tertiary/aromatic N) is 1. The van der Waals surface area contributed by atoms with Gasteiger partial charge in [-0.1, -0.05) is 18.5 Å². The molecule has 0 aliphatic carbocycles. The molecule has 0 radical (unpaired) electrons. The smallest absolute Gasteiger partial charge is 0.178 e. The van der Waals surface area contributed by atoms with E-state index in [9.17, 15) is 4.39 Å². The van der Waals surface area contributed by atoms with Gasteiger partial charge < -0.3 is 9.55 Å². The Morgan fingerprint density at radius 1 is 1.45 bits per heavy atom. The number of aryl methyl sites for hydroxylation is 1. The van der Waals surface area contributed by atoms with Crippen LogP contribution in [-0.4, -0.2) is 9.55 Å². The maximum Gasteiger partial charge on any atom is 0.178 e. The van der Waals surface area contributed by atoms with Gasteiger partial charge in [0, 0.05) is 10.9 Å². The summed E-state index contributed by atoms with van der Waals surface area (Å²) in [5, 5.41) is 2.20. The quantitative estimate of drug-likeness (QED) is 0.659. The summed E-state index contributed by atoms with van der Waals surface area (Å²) >= 11 is 12.9. The van der Waals surface area contributed by atoms with Crippen molar-refractivity contribution < 1.29 is 4.39 Å². The largest absolute Gasteiger partial charge is 0.330 e. The number of halogens is 2. The topological polar surface area (TPSA) is 20.7 Å². The zero-order chi connectivity index (χ0) is 14.3. The fourth-order valence-corrected chi connectivity index (χ4v) is 3.67. The Bertz CT molecular complexity index is 831. The lowest BCUT2D eigenvalue weighted by molar-refractivity contribution is 0.629. The summed E-state index contributed by atoms with van der Waals surface area (Å²) in [6, 6.07) is 5.14. The number of nitrogens with one attached hydrogen (secondary N) is 1. The number of H-pyrrole nitrogens is 1. The average molecular weight is 327 g/mol. The van der Waals surface area contributed by atoms with Gasteiger partial charge in [0.1, 0.15) is 5.82 Å². The summed E-state index contributed by atoms with van der Waals surface area (Å²) in [4.78, 5) is 4.30. The minimum Gasteiger partial charge on any atom is -0.330 e. The molecule has 6 heteroatoms. The van der Waals surface area contributed by atoms with Gasteiger partial charge in [0.05, 0.1) is 22.6 Å². The predicted octanol–water partition coefficient (Wildman–Crippen LogP) is 5.16. The van der Waals surface area contributed by atoms with Gasteiger partial charge in [0.25, 0.3) is 0 Å². The molecule has 0 spiro atoms. The Balaban J connectivity index is 2.14. The van der Waals surface area contributed by atoms with E-state index in [1.807, 2.05) is 4.57 Å². The minimum atomic E-state index is -0.437. The maximum atomic E-state index is 13.5. The second-order valence-electron chi connectivity index (χ2n) is 4.52. The molecule has 1 N–H and O–H groups in total. The molecule has 0 bridgehead atoms. The van der Waals surface area contributed by atoms with Crippen LogP contribution in [0.25, 0.3) is 11.0 Å². The average Bonchev–Trinajstić information content (AvgIpc) is 2.97. The molecule has 2 nitrogen and oxygen atoms in total. The van der Waals surface area contributed by atoms with Crippen molar-refractivity contribution in [3.63, 3.8) is 0 Å². The SMILES string of the molecule is CCc1ccsc1Cn1c(=S)[nH]c2cc(F)c(Cl)cc21. The fourth-order valence-electron chi connectivity index (χ4n) is 2.27. The van der Waals surface area contributed by atoms with Crippen molar-refractivity contribution >= 4 is 46.2 Å². The zero-order valence-corrected chi connectivity index (χ0v) is 13.1. The molecule has 0 aliphatic heterocycles. The lowest BCUT2D eigenvalue weighted by atomic mass is 10.2. The van der Waals surface area contributed by atoms with Crippen LogP contribution in [0, 0.1) is 10.6 Å². The summed E-state index contributed by atoms with van der Waals surface area (Å²) in [5.41, 5.74) is 2.82. The van der Waals surface area contributed by atoms with Gasteiger partial charge >= 0.3 is 0 Å². The number of aromatic nitrogens is 2. The fraction of sp³-hybridized carbons (Fsp3) is 0.214. The lowest BCUT2D eigenvalue weighted by Crippen LogP contribution is -2.00. The summed E-state index contributed by atoms with van der Waals surface area (Å²) in [6.07, 6.45) is 0.990. The zero-order valence-electron chi connectivity index (χ0n) is 10.7. The second-order valence-corrected chi connectivity index (χ2v) is 6.32. The van der Waals surface area contributed by atoms with E-state index < -0.39 is 5.82 Å². The second kappa shape index (κ2) is 5.31. The van der Waals surface area contributed by atoms with Crippen LogP contribution in [0.5, 0.6) is 0 Å². The van der Waals surface area contributed by atoms with Crippen LogP contribution in [0.2, 0.25) is 5.02 Å². The first-order valence-electron chi connectivity index (χ1n) is 6.23. The summed E-state index contributed by atoms with van der Waals surface area (Å²) in [7, 11) is 0. The van der Waals surface area contributed by atoms with Crippen LogP contribution >= 0.6 is 35.2 Å². The summed E-state index contributed by atoms with van der Waals surface area (Å²) in [5.74, 6) is -0.437. The minimum absolute atomic E-state index is 0.113. The van der Waals surface area contributed by atoms with Crippen molar-refractivity contribution in [2.45, 2.75) is 19.9 Å². The van der Waals surface area contributed by atoms with E-state index >= 15 is 0 Å². The van der Waals surface area contributed by atoms with Crippen molar-refractivity contribution in [1.82, 2.24) is 9.55 Å². The number of fused-ring (bicyclic) bond motifs is 1. The van der Waals surface area contributed by atoms with Gasteiger partial charge in [-0.3, -0.25) is 0 Å². The molecule has 0 saturated carbocycles. The van der Waals surface area contributed by atoms with E-state index in [4.69, 9.17) is 23.8 Å². The highest BCUT2D eigenvalue weighted by atomic mass is 35.5. The molecule has 2 heterocycles. The van der Waals surface area contributed by atoms with Gasteiger partial charge in [-0.25, -0.2) is 4.39 Å². The summed E-state index contributed by atoms with van der Waals surface area (Å²) in [6.45, 7) is 2.81. The number of benzene rings is 1. The van der Waals surface area contributed by atoms with Crippen molar-refractivity contribution in [3.05, 3.63) is 49.6 Å². The highest BCUT2D eigenvalue weighted by Crippen LogP contribution is 2.25. The molecule has 20 heavy (non-hydrogen) atoms. The Hall–Kier alpha value is -1.17. The highest BCUT2D eigenvalue weighted by molar-refractivity contribution is 7.71. The number of imidazole rings is 1. The van der Waals surface area contributed by atoms with Crippen molar-refractivity contribution in [1.29, 1.82) is 0 Å². The first-order chi connectivity index (χ1) is 9.60. The first-order valence-corrected chi connectivity index (χ1v) is 7.89. The van der Waals surface area contributed by atoms with E-state index in [1.54, 1.807) is 17.4 Å². The van der Waals surface area contributed by atoms with E-state index in [1.165, 1.54) is 16.5 Å². The highest BCUT2D eigenvalue weighted by Gasteiger charge is 2.11. The molecule has 0 atom stereocenters. The molecule has 0 saturated heterocycles. The number of thiophene rings is 1. The molecule has 2 aromatic heterocycles. The van der Waals surface area contributed by atoms with E-state index in [-0.39, 0.29) is 5.02 Å². The maximum absolute atomic E-state index is 13.5. The van der Waals surface area contributed by atoms with Crippen LogP contribution < -0.4 is 0 Å². The van der Waals surface area contributed by atoms with E-state index in [2.05, 4.69) is 23.4 Å². The van der Waals surface area contributed by atoms with E-state index in [0.717, 1.165) is 11.9 Å². The van der Waals surface area contributed by atoms with Crippen molar-refractivity contribution in [3.8, 4) is 0 Å². The third-order valence-corrected chi connectivity index (χ3v) is 4.90. The van der Waals surface area contributed by atoms with Crippen LogP contribution in [0.1, 0.15) is 17.4 Å². The molecular weight excluding hydrogens is 315 g/mol. The molecule has 104 valence electrons. The number of aromatic amines is 1.